The summed E-state index contributed by atoms with van der Waals surface area (Å²) in [5.74, 6) is 0. The molecule has 0 saturated carbocycles. The molecule has 8 aromatic rings. The number of anilines is 3. The zero-order valence-electron chi connectivity index (χ0n) is 25.1. The maximum Gasteiger partial charge on any atom is 0.187 e. The Morgan fingerprint density at radius 2 is 0.957 bits per heavy atom. The van der Waals surface area contributed by atoms with Crippen LogP contribution in [0, 0.1) is 6.57 Å². The maximum absolute atomic E-state index is 7.38. The van der Waals surface area contributed by atoms with E-state index in [1.54, 1.807) is 0 Å². The van der Waals surface area contributed by atoms with Crippen molar-refractivity contribution in [3.8, 4) is 27.9 Å². The van der Waals surface area contributed by atoms with Crippen molar-refractivity contribution in [1.82, 2.24) is 4.57 Å². The summed E-state index contributed by atoms with van der Waals surface area (Å²) in [6, 6.07) is 61.7. The topological polar surface area (TPSA) is 12.5 Å². The van der Waals surface area contributed by atoms with Crippen molar-refractivity contribution in [3.63, 3.8) is 0 Å². The highest BCUT2D eigenvalue weighted by molar-refractivity contribution is 6.12. The number of aromatic nitrogens is 1. The maximum atomic E-state index is 7.38. The van der Waals surface area contributed by atoms with Crippen molar-refractivity contribution in [2.24, 2.45) is 0 Å². The minimum atomic E-state index is 0.629. The zero-order valence-corrected chi connectivity index (χ0v) is 25.1. The van der Waals surface area contributed by atoms with Crippen molar-refractivity contribution in [3.05, 3.63) is 187 Å². The molecule has 0 unspecified atom stereocenters. The van der Waals surface area contributed by atoms with Crippen LogP contribution in [0.15, 0.2) is 176 Å². The van der Waals surface area contributed by atoms with Crippen LogP contribution in [0.2, 0.25) is 0 Å². The lowest BCUT2D eigenvalue weighted by atomic mass is 9.92. The van der Waals surface area contributed by atoms with E-state index in [-0.39, 0.29) is 0 Å². The molecule has 0 saturated heterocycles. The van der Waals surface area contributed by atoms with Gasteiger partial charge in [-0.15, -0.1) is 0 Å². The lowest BCUT2D eigenvalue weighted by Crippen LogP contribution is -2.09. The van der Waals surface area contributed by atoms with Gasteiger partial charge < -0.3 is 9.47 Å². The first-order valence-corrected chi connectivity index (χ1v) is 15.4. The first kappa shape index (κ1) is 27.2. The third-order valence-corrected chi connectivity index (χ3v) is 8.60. The molecule has 0 aliphatic rings. The highest BCUT2D eigenvalue weighted by atomic mass is 15.1. The van der Waals surface area contributed by atoms with Gasteiger partial charge in [-0.1, -0.05) is 109 Å². The van der Waals surface area contributed by atoms with E-state index in [0.29, 0.717) is 5.69 Å². The van der Waals surface area contributed by atoms with E-state index in [1.807, 2.05) is 30.3 Å². The van der Waals surface area contributed by atoms with Gasteiger partial charge in [0.2, 0.25) is 0 Å². The van der Waals surface area contributed by atoms with E-state index in [9.17, 15) is 0 Å². The molecule has 8 rings (SSSR count). The first-order chi connectivity index (χ1) is 22.8. The van der Waals surface area contributed by atoms with E-state index in [4.69, 9.17) is 6.57 Å². The second-order valence-corrected chi connectivity index (χ2v) is 11.3. The summed E-state index contributed by atoms with van der Waals surface area (Å²) in [4.78, 5) is 5.81. The van der Waals surface area contributed by atoms with E-state index in [2.05, 4.69) is 160 Å². The Hall–Kier alpha value is -6.37. The van der Waals surface area contributed by atoms with Gasteiger partial charge in [-0.2, -0.15) is 0 Å². The highest BCUT2D eigenvalue weighted by Gasteiger charge is 2.18. The van der Waals surface area contributed by atoms with Crippen LogP contribution in [0.25, 0.3) is 54.6 Å². The van der Waals surface area contributed by atoms with Crippen LogP contribution in [0.5, 0.6) is 0 Å². The number of nitrogens with zero attached hydrogens (tertiary/aromatic N) is 3. The van der Waals surface area contributed by atoms with Gasteiger partial charge >= 0.3 is 0 Å². The minimum absolute atomic E-state index is 0.629. The Kier molecular flexibility index (Phi) is 6.87. The smallest absolute Gasteiger partial charge is 0.187 e. The molecule has 0 radical (unpaired) electrons. The number of rotatable bonds is 6. The second kappa shape index (κ2) is 11.6. The molecule has 216 valence electrons. The Morgan fingerprint density at radius 1 is 0.435 bits per heavy atom. The molecule has 0 spiro atoms. The van der Waals surface area contributed by atoms with E-state index in [1.165, 1.54) is 38.5 Å². The van der Waals surface area contributed by atoms with E-state index in [0.717, 1.165) is 28.3 Å². The predicted molar refractivity (Wildman–Crippen MR) is 193 cm³/mol. The van der Waals surface area contributed by atoms with Crippen LogP contribution in [-0.2, 0) is 0 Å². The van der Waals surface area contributed by atoms with E-state index < -0.39 is 0 Å². The fraction of sp³-hybridized carbons (Fsp3) is 0. The SMILES string of the molecule is [C-]#[N+]c1ccc(N(c2ccccc2)c2ccc(-c3cc4c5ccccc5n(-c5ccccc5)c4cc3-c3ccccc3)cc2)cc1. The van der Waals surface area contributed by atoms with Crippen LogP contribution in [-0.4, -0.2) is 4.57 Å². The third-order valence-electron chi connectivity index (χ3n) is 8.60. The molecule has 0 atom stereocenters. The molecule has 0 aliphatic carbocycles. The largest absolute Gasteiger partial charge is 0.311 e. The summed E-state index contributed by atoms with van der Waals surface area (Å²) in [7, 11) is 0. The Morgan fingerprint density at radius 3 is 1.63 bits per heavy atom. The summed E-state index contributed by atoms with van der Waals surface area (Å²) in [6.07, 6.45) is 0. The molecule has 46 heavy (non-hydrogen) atoms. The van der Waals surface area contributed by atoms with Crippen LogP contribution in [0.3, 0.4) is 0 Å². The van der Waals surface area contributed by atoms with Crippen LogP contribution in [0.4, 0.5) is 22.7 Å². The van der Waals surface area contributed by atoms with E-state index >= 15 is 0 Å². The minimum Gasteiger partial charge on any atom is -0.311 e. The fourth-order valence-electron chi connectivity index (χ4n) is 6.46. The summed E-state index contributed by atoms with van der Waals surface area (Å²) < 4.78 is 2.38. The Labute approximate surface area is 268 Å². The van der Waals surface area contributed by atoms with Gasteiger partial charge in [0, 0.05) is 33.5 Å². The molecular weight excluding hydrogens is 558 g/mol. The molecule has 1 aromatic heterocycles. The van der Waals surface area contributed by atoms with Gasteiger partial charge in [-0.05, 0) is 89.0 Å². The lowest BCUT2D eigenvalue weighted by Gasteiger charge is -2.26. The number of fused-ring (bicyclic) bond motifs is 3. The van der Waals surface area contributed by atoms with Crippen molar-refractivity contribution in [2.75, 3.05) is 4.90 Å². The first-order valence-electron chi connectivity index (χ1n) is 15.4. The molecule has 0 amide bonds. The molecule has 0 bridgehead atoms. The average molecular weight is 588 g/mol. The fourth-order valence-corrected chi connectivity index (χ4v) is 6.46. The average Bonchev–Trinajstić information content (AvgIpc) is 3.46. The van der Waals surface area contributed by atoms with Crippen molar-refractivity contribution < 1.29 is 0 Å². The number of hydrogen-bond acceptors (Lipinski definition) is 1. The summed E-state index contributed by atoms with van der Waals surface area (Å²) >= 11 is 0. The number of para-hydroxylation sites is 3. The van der Waals surface area contributed by atoms with Gasteiger partial charge in [0.15, 0.2) is 5.69 Å². The monoisotopic (exact) mass is 587 g/mol. The highest BCUT2D eigenvalue weighted by Crippen LogP contribution is 2.42. The second-order valence-electron chi connectivity index (χ2n) is 11.3. The van der Waals surface area contributed by atoms with Gasteiger partial charge in [-0.25, -0.2) is 4.85 Å². The number of hydrogen-bond donors (Lipinski definition) is 0. The molecule has 1 heterocycles. The molecular formula is C43H29N3. The van der Waals surface area contributed by atoms with Gasteiger partial charge in [0.25, 0.3) is 0 Å². The Bertz CT molecular complexity index is 2330. The quantitative estimate of drug-likeness (QED) is 0.176. The predicted octanol–water partition coefficient (Wildman–Crippen LogP) is 12.1. The van der Waals surface area contributed by atoms with Crippen LogP contribution >= 0.6 is 0 Å². The molecule has 0 fully saturated rings. The number of benzene rings is 7. The third kappa shape index (κ3) is 4.79. The van der Waals surface area contributed by atoms with Gasteiger partial charge in [0.1, 0.15) is 0 Å². The van der Waals surface area contributed by atoms with Crippen molar-refractivity contribution in [1.29, 1.82) is 0 Å². The molecule has 3 heteroatoms. The van der Waals surface area contributed by atoms with Gasteiger partial charge in [0.05, 0.1) is 17.6 Å². The van der Waals surface area contributed by atoms with Crippen molar-refractivity contribution >= 4 is 44.6 Å². The van der Waals surface area contributed by atoms with Crippen LogP contribution in [0.1, 0.15) is 0 Å². The zero-order chi connectivity index (χ0) is 30.9. The molecule has 0 N–H and O–H groups in total. The standard InChI is InChI=1S/C43H29N3/c1-44-33-23-27-37(28-24-33)45(34-15-7-3-8-16-34)36-25-21-32(22-26-36)39-29-41-38-19-11-12-20-42(38)46(35-17-9-4-10-18-35)43(41)30-40(39)31-13-5-2-6-14-31/h2-30H. The molecule has 3 nitrogen and oxygen atoms in total. The summed E-state index contributed by atoms with van der Waals surface area (Å²) in [5, 5.41) is 2.46. The summed E-state index contributed by atoms with van der Waals surface area (Å²) in [5.41, 5.74) is 12.0. The normalized spacial score (nSPS) is 11.0. The van der Waals surface area contributed by atoms with Gasteiger partial charge in [-0.3, -0.25) is 0 Å². The lowest BCUT2D eigenvalue weighted by molar-refractivity contribution is 1.18. The molecule has 7 aromatic carbocycles. The van der Waals surface area contributed by atoms with Crippen molar-refractivity contribution in [2.45, 2.75) is 0 Å². The Balaban J connectivity index is 1.32. The summed E-state index contributed by atoms with van der Waals surface area (Å²) in [6.45, 7) is 7.38. The molecule has 0 aliphatic heterocycles. The van der Waals surface area contributed by atoms with Crippen LogP contribution < -0.4 is 4.90 Å².